The van der Waals surface area contributed by atoms with Crippen molar-refractivity contribution >= 4 is 29.1 Å². The van der Waals surface area contributed by atoms with Crippen molar-refractivity contribution in [1.82, 2.24) is 5.32 Å². The van der Waals surface area contributed by atoms with E-state index in [1.54, 1.807) is 18.2 Å². The smallest absolute Gasteiger partial charge is 0.258 e. The highest BCUT2D eigenvalue weighted by Crippen LogP contribution is 2.26. The lowest BCUT2D eigenvalue weighted by atomic mass is 10.1. The maximum absolute atomic E-state index is 12.0. The minimum Gasteiger partial charge on any atom is -0.484 e. The lowest BCUT2D eigenvalue weighted by Crippen LogP contribution is -2.31. The average molecular weight is 338 g/mol. The van der Waals surface area contributed by atoms with Crippen molar-refractivity contribution in [3.05, 3.63) is 63.6 Å². The lowest BCUT2D eigenvalue weighted by molar-refractivity contribution is -0.123. The molecule has 0 spiro atoms. The number of carbonyl (C=O) groups excluding carboxylic acids is 1. The van der Waals surface area contributed by atoms with Gasteiger partial charge in [0.05, 0.1) is 6.04 Å². The van der Waals surface area contributed by atoms with Crippen molar-refractivity contribution in [2.45, 2.75) is 19.9 Å². The molecule has 22 heavy (non-hydrogen) atoms. The Labute approximate surface area is 140 Å². The van der Waals surface area contributed by atoms with Gasteiger partial charge in [0.1, 0.15) is 5.75 Å². The SMILES string of the molecule is Cc1ccccc1OCC(=O)N[C@H](C)c1ccc(Cl)cc1Cl. The number of halogens is 2. The third-order valence-electron chi connectivity index (χ3n) is 3.26. The molecule has 2 aromatic carbocycles. The number of benzene rings is 2. The van der Waals surface area contributed by atoms with E-state index in [2.05, 4.69) is 5.32 Å². The molecule has 5 heteroatoms. The van der Waals surface area contributed by atoms with E-state index in [-0.39, 0.29) is 18.6 Å². The van der Waals surface area contributed by atoms with E-state index >= 15 is 0 Å². The first-order valence-corrected chi connectivity index (χ1v) is 7.65. The van der Waals surface area contributed by atoms with Crippen LogP contribution in [0, 0.1) is 6.92 Å². The monoisotopic (exact) mass is 337 g/mol. The summed E-state index contributed by atoms with van der Waals surface area (Å²) in [6, 6.07) is 12.5. The highest BCUT2D eigenvalue weighted by atomic mass is 35.5. The van der Waals surface area contributed by atoms with E-state index < -0.39 is 0 Å². The van der Waals surface area contributed by atoms with Crippen molar-refractivity contribution in [1.29, 1.82) is 0 Å². The predicted molar refractivity (Wildman–Crippen MR) is 89.7 cm³/mol. The van der Waals surface area contributed by atoms with Crippen LogP contribution in [0.15, 0.2) is 42.5 Å². The van der Waals surface area contributed by atoms with Gasteiger partial charge in [0.25, 0.3) is 5.91 Å². The summed E-state index contributed by atoms with van der Waals surface area (Å²) in [6.45, 7) is 3.75. The van der Waals surface area contributed by atoms with Crippen LogP contribution in [0.25, 0.3) is 0 Å². The van der Waals surface area contributed by atoms with Crippen LogP contribution in [0.4, 0.5) is 0 Å². The molecular weight excluding hydrogens is 321 g/mol. The Hall–Kier alpha value is -1.71. The maximum Gasteiger partial charge on any atom is 0.258 e. The van der Waals surface area contributed by atoms with E-state index in [9.17, 15) is 4.79 Å². The first-order chi connectivity index (χ1) is 10.5. The fourth-order valence-electron chi connectivity index (χ4n) is 2.08. The molecule has 1 amide bonds. The van der Waals surface area contributed by atoms with E-state index in [0.717, 1.165) is 11.1 Å². The van der Waals surface area contributed by atoms with Crippen LogP contribution in [-0.2, 0) is 4.79 Å². The van der Waals surface area contributed by atoms with Gasteiger partial charge in [-0.05, 0) is 43.2 Å². The first-order valence-electron chi connectivity index (χ1n) is 6.90. The second-order valence-corrected chi connectivity index (χ2v) is 5.85. The molecule has 0 heterocycles. The van der Waals surface area contributed by atoms with Gasteiger partial charge in [-0.15, -0.1) is 0 Å². The van der Waals surface area contributed by atoms with Crippen molar-refractivity contribution in [3.63, 3.8) is 0 Å². The van der Waals surface area contributed by atoms with Gasteiger partial charge < -0.3 is 10.1 Å². The number of ether oxygens (including phenoxy) is 1. The fourth-order valence-corrected chi connectivity index (χ4v) is 2.65. The van der Waals surface area contributed by atoms with Crippen molar-refractivity contribution in [3.8, 4) is 5.75 Å². The lowest BCUT2D eigenvalue weighted by Gasteiger charge is -2.16. The maximum atomic E-state index is 12.0. The van der Waals surface area contributed by atoms with Gasteiger partial charge in [-0.3, -0.25) is 4.79 Å². The number of para-hydroxylation sites is 1. The second kappa shape index (κ2) is 7.52. The summed E-state index contributed by atoms with van der Waals surface area (Å²) in [4.78, 5) is 12.0. The number of carbonyl (C=O) groups is 1. The van der Waals surface area contributed by atoms with E-state index in [0.29, 0.717) is 15.8 Å². The molecule has 0 saturated heterocycles. The second-order valence-electron chi connectivity index (χ2n) is 5.01. The molecule has 0 saturated carbocycles. The Balaban J connectivity index is 1.93. The van der Waals surface area contributed by atoms with Crippen LogP contribution in [0.2, 0.25) is 10.0 Å². The summed E-state index contributed by atoms with van der Waals surface area (Å²) in [5.41, 5.74) is 1.81. The number of nitrogens with one attached hydrogen (secondary N) is 1. The molecule has 0 aromatic heterocycles. The van der Waals surface area contributed by atoms with Gasteiger partial charge in [0.15, 0.2) is 6.61 Å². The summed E-state index contributed by atoms with van der Waals surface area (Å²) in [5.74, 6) is 0.497. The average Bonchev–Trinajstić information content (AvgIpc) is 2.46. The van der Waals surface area contributed by atoms with Crippen molar-refractivity contribution in [2.75, 3.05) is 6.61 Å². The Morgan fingerprint density at radius 2 is 1.95 bits per heavy atom. The highest BCUT2D eigenvalue weighted by molar-refractivity contribution is 6.35. The van der Waals surface area contributed by atoms with Gasteiger partial charge in [-0.1, -0.05) is 47.5 Å². The summed E-state index contributed by atoms with van der Waals surface area (Å²) < 4.78 is 5.52. The Kier molecular flexibility index (Phi) is 5.69. The molecule has 1 atom stereocenters. The van der Waals surface area contributed by atoms with Gasteiger partial charge in [0, 0.05) is 10.0 Å². The minimum absolute atomic E-state index is 0.0413. The summed E-state index contributed by atoms with van der Waals surface area (Å²) in [5, 5.41) is 3.95. The zero-order chi connectivity index (χ0) is 16.1. The van der Waals surface area contributed by atoms with E-state index in [1.807, 2.05) is 38.1 Å². The van der Waals surface area contributed by atoms with E-state index in [1.165, 1.54) is 0 Å². The van der Waals surface area contributed by atoms with Gasteiger partial charge >= 0.3 is 0 Å². The zero-order valence-electron chi connectivity index (χ0n) is 12.4. The number of hydrogen-bond acceptors (Lipinski definition) is 2. The van der Waals surface area contributed by atoms with Crippen LogP contribution in [-0.4, -0.2) is 12.5 Å². The molecule has 0 aliphatic heterocycles. The molecule has 0 unspecified atom stereocenters. The quantitative estimate of drug-likeness (QED) is 0.868. The normalized spacial score (nSPS) is 11.8. The van der Waals surface area contributed by atoms with Crippen LogP contribution in [0.1, 0.15) is 24.1 Å². The molecule has 0 radical (unpaired) electrons. The predicted octanol–water partition coefficient (Wildman–Crippen LogP) is 4.56. The molecular formula is C17H17Cl2NO2. The molecule has 0 fully saturated rings. The number of amides is 1. The van der Waals surface area contributed by atoms with Crippen LogP contribution < -0.4 is 10.1 Å². The topological polar surface area (TPSA) is 38.3 Å². The molecule has 2 rings (SSSR count). The molecule has 0 bridgehead atoms. The van der Waals surface area contributed by atoms with Gasteiger partial charge in [0.2, 0.25) is 0 Å². The first kappa shape index (κ1) is 16.7. The van der Waals surface area contributed by atoms with Gasteiger partial charge in [-0.25, -0.2) is 0 Å². The Bertz CT molecular complexity index is 673. The third-order valence-corrected chi connectivity index (χ3v) is 3.82. The molecule has 3 nitrogen and oxygen atoms in total. The van der Waals surface area contributed by atoms with Crippen LogP contribution in [0.5, 0.6) is 5.75 Å². The molecule has 0 aliphatic carbocycles. The Morgan fingerprint density at radius 1 is 1.23 bits per heavy atom. The Morgan fingerprint density at radius 3 is 2.64 bits per heavy atom. The number of rotatable bonds is 5. The van der Waals surface area contributed by atoms with Gasteiger partial charge in [-0.2, -0.15) is 0 Å². The fraction of sp³-hybridized carbons (Fsp3) is 0.235. The molecule has 116 valence electrons. The highest BCUT2D eigenvalue weighted by Gasteiger charge is 2.13. The minimum atomic E-state index is -0.224. The summed E-state index contributed by atoms with van der Waals surface area (Å²) in [6.07, 6.45) is 0. The summed E-state index contributed by atoms with van der Waals surface area (Å²) in [7, 11) is 0. The van der Waals surface area contributed by atoms with Crippen LogP contribution in [0.3, 0.4) is 0 Å². The zero-order valence-corrected chi connectivity index (χ0v) is 13.9. The van der Waals surface area contributed by atoms with Crippen molar-refractivity contribution in [2.24, 2.45) is 0 Å². The standard InChI is InChI=1S/C17H17Cl2NO2/c1-11-5-3-4-6-16(11)22-10-17(21)20-12(2)14-8-7-13(18)9-15(14)19/h3-9,12H,10H2,1-2H3,(H,20,21)/t12-/m1/s1. The molecule has 2 aromatic rings. The molecule has 0 aliphatic rings. The largest absolute Gasteiger partial charge is 0.484 e. The number of hydrogen-bond donors (Lipinski definition) is 1. The molecule has 1 N–H and O–H groups in total. The van der Waals surface area contributed by atoms with Crippen LogP contribution >= 0.6 is 23.2 Å². The third kappa shape index (κ3) is 4.39. The number of aryl methyl sites for hydroxylation is 1. The van der Waals surface area contributed by atoms with E-state index in [4.69, 9.17) is 27.9 Å². The van der Waals surface area contributed by atoms with Crippen molar-refractivity contribution < 1.29 is 9.53 Å². The summed E-state index contributed by atoms with van der Waals surface area (Å²) >= 11 is 12.0.